The highest BCUT2D eigenvalue weighted by molar-refractivity contribution is 5.28. The van der Waals surface area contributed by atoms with Crippen LogP contribution >= 0.6 is 0 Å². The molecule has 4 heteroatoms. The SMILES string of the molecule is Cc1cc(C)c(C(C)C)c(=O)[nH]1.Cc1cc(C)c(C(C)C)c(=O)[nH]1. The molecular formula is C20H30N2O2. The van der Waals surface area contributed by atoms with E-state index in [1.807, 2.05) is 67.5 Å². The van der Waals surface area contributed by atoms with Crippen LogP contribution in [0.4, 0.5) is 0 Å². The van der Waals surface area contributed by atoms with Crippen LogP contribution in [0, 0.1) is 27.7 Å². The Bertz CT molecular complexity index is 742. The lowest BCUT2D eigenvalue weighted by molar-refractivity contribution is 0.828. The zero-order valence-electron chi connectivity index (χ0n) is 16.1. The molecule has 0 aliphatic heterocycles. The zero-order chi connectivity index (χ0) is 18.6. The minimum Gasteiger partial charge on any atom is -0.326 e. The van der Waals surface area contributed by atoms with Gasteiger partial charge in [-0.25, -0.2) is 0 Å². The van der Waals surface area contributed by atoms with E-state index < -0.39 is 0 Å². The van der Waals surface area contributed by atoms with Crippen LogP contribution in [0.2, 0.25) is 0 Å². The van der Waals surface area contributed by atoms with Crippen LogP contribution in [0.3, 0.4) is 0 Å². The topological polar surface area (TPSA) is 65.7 Å². The first-order valence-electron chi connectivity index (χ1n) is 8.45. The predicted molar refractivity (Wildman–Crippen MR) is 101 cm³/mol. The van der Waals surface area contributed by atoms with E-state index in [0.29, 0.717) is 11.8 Å². The van der Waals surface area contributed by atoms with Gasteiger partial charge in [-0.2, -0.15) is 0 Å². The Morgan fingerprint density at radius 2 is 0.958 bits per heavy atom. The molecule has 2 aromatic heterocycles. The van der Waals surface area contributed by atoms with Gasteiger partial charge >= 0.3 is 0 Å². The molecule has 2 aromatic rings. The summed E-state index contributed by atoms with van der Waals surface area (Å²) >= 11 is 0. The second-order valence-electron chi connectivity index (χ2n) is 7.07. The second kappa shape index (κ2) is 8.13. The largest absolute Gasteiger partial charge is 0.326 e. The van der Waals surface area contributed by atoms with E-state index in [0.717, 1.165) is 33.6 Å². The van der Waals surface area contributed by atoms with Crippen LogP contribution in [-0.4, -0.2) is 9.97 Å². The highest BCUT2D eigenvalue weighted by atomic mass is 16.1. The van der Waals surface area contributed by atoms with E-state index in [2.05, 4.69) is 9.97 Å². The smallest absolute Gasteiger partial charge is 0.251 e. The first-order chi connectivity index (χ1) is 11.0. The lowest BCUT2D eigenvalue weighted by Crippen LogP contribution is -2.16. The van der Waals surface area contributed by atoms with E-state index in [-0.39, 0.29) is 11.1 Å². The molecule has 0 saturated heterocycles. The van der Waals surface area contributed by atoms with Crippen molar-refractivity contribution in [3.05, 3.63) is 66.5 Å². The number of H-pyrrole nitrogens is 2. The molecule has 0 aromatic carbocycles. The molecule has 0 radical (unpaired) electrons. The van der Waals surface area contributed by atoms with Crippen molar-refractivity contribution in [1.82, 2.24) is 9.97 Å². The Balaban J connectivity index is 0.000000240. The molecule has 24 heavy (non-hydrogen) atoms. The molecule has 132 valence electrons. The fourth-order valence-electron chi connectivity index (χ4n) is 3.16. The quantitative estimate of drug-likeness (QED) is 0.865. The molecule has 2 rings (SSSR count). The van der Waals surface area contributed by atoms with Gasteiger partial charge < -0.3 is 9.97 Å². The van der Waals surface area contributed by atoms with Crippen molar-refractivity contribution in [2.24, 2.45) is 0 Å². The third kappa shape index (κ3) is 4.95. The van der Waals surface area contributed by atoms with Crippen LogP contribution in [0.25, 0.3) is 0 Å². The number of aromatic nitrogens is 2. The van der Waals surface area contributed by atoms with E-state index in [4.69, 9.17) is 0 Å². The standard InChI is InChI=1S/2C10H15NO/c2*1-6(2)9-7(3)5-8(4)11-10(9)12/h2*5-6H,1-4H3,(H,11,12). The van der Waals surface area contributed by atoms with Gasteiger partial charge in [-0.1, -0.05) is 27.7 Å². The van der Waals surface area contributed by atoms with E-state index in [9.17, 15) is 9.59 Å². The van der Waals surface area contributed by atoms with Crippen molar-refractivity contribution in [1.29, 1.82) is 0 Å². The highest BCUT2D eigenvalue weighted by Gasteiger charge is 2.08. The predicted octanol–water partition coefficient (Wildman–Crippen LogP) is 4.23. The summed E-state index contributed by atoms with van der Waals surface area (Å²) in [6.07, 6.45) is 0. The summed E-state index contributed by atoms with van der Waals surface area (Å²) < 4.78 is 0. The molecule has 2 N–H and O–H groups in total. The van der Waals surface area contributed by atoms with Crippen molar-refractivity contribution in [3.63, 3.8) is 0 Å². The Labute approximate surface area is 144 Å². The van der Waals surface area contributed by atoms with Gasteiger partial charge in [0.15, 0.2) is 0 Å². The third-order valence-electron chi connectivity index (χ3n) is 3.98. The van der Waals surface area contributed by atoms with Crippen LogP contribution in [0.1, 0.15) is 73.2 Å². The van der Waals surface area contributed by atoms with Gasteiger partial charge in [-0.05, 0) is 62.8 Å². The van der Waals surface area contributed by atoms with Gasteiger partial charge in [0.05, 0.1) is 0 Å². The number of rotatable bonds is 2. The first kappa shape index (κ1) is 19.9. The van der Waals surface area contributed by atoms with Crippen molar-refractivity contribution in [3.8, 4) is 0 Å². The van der Waals surface area contributed by atoms with Crippen molar-refractivity contribution in [2.75, 3.05) is 0 Å². The number of pyridine rings is 2. The summed E-state index contributed by atoms with van der Waals surface area (Å²) in [7, 11) is 0. The monoisotopic (exact) mass is 330 g/mol. The molecule has 0 unspecified atom stereocenters. The van der Waals surface area contributed by atoms with Gasteiger partial charge in [-0.3, -0.25) is 9.59 Å². The average molecular weight is 330 g/mol. The Morgan fingerprint density at radius 3 is 1.17 bits per heavy atom. The Hall–Kier alpha value is -2.10. The van der Waals surface area contributed by atoms with Gasteiger partial charge in [0, 0.05) is 22.5 Å². The maximum absolute atomic E-state index is 11.4. The molecule has 4 nitrogen and oxygen atoms in total. The normalized spacial score (nSPS) is 10.8. The molecule has 2 heterocycles. The number of aromatic amines is 2. The zero-order valence-corrected chi connectivity index (χ0v) is 16.1. The molecule has 0 fully saturated rings. The number of aryl methyl sites for hydroxylation is 4. The summed E-state index contributed by atoms with van der Waals surface area (Å²) in [6, 6.07) is 4.02. The first-order valence-corrected chi connectivity index (χ1v) is 8.45. The molecule has 0 saturated carbocycles. The number of hydrogen-bond acceptors (Lipinski definition) is 2. The number of nitrogens with one attached hydrogen (secondary N) is 2. The van der Waals surface area contributed by atoms with Gasteiger partial charge in [-0.15, -0.1) is 0 Å². The molecular weight excluding hydrogens is 300 g/mol. The van der Waals surface area contributed by atoms with Gasteiger partial charge in [0.25, 0.3) is 11.1 Å². The molecule has 0 atom stereocenters. The summed E-state index contributed by atoms with van der Waals surface area (Å²) in [5.41, 5.74) is 5.97. The van der Waals surface area contributed by atoms with E-state index in [1.165, 1.54) is 0 Å². The van der Waals surface area contributed by atoms with Crippen molar-refractivity contribution < 1.29 is 0 Å². The fraction of sp³-hybridized carbons (Fsp3) is 0.500. The molecule has 0 aliphatic carbocycles. The highest BCUT2D eigenvalue weighted by Crippen LogP contribution is 2.14. The molecule has 0 spiro atoms. The Morgan fingerprint density at radius 1 is 0.667 bits per heavy atom. The van der Waals surface area contributed by atoms with E-state index in [1.54, 1.807) is 0 Å². The van der Waals surface area contributed by atoms with Crippen LogP contribution < -0.4 is 11.1 Å². The lowest BCUT2D eigenvalue weighted by Gasteiger charge is -2.08. The van der Waals surface area contributed by atoms with Crippen molar-refractivity contribution in [2.45, 2.75) is 67.2 Å². The minimum atomic E-state index is 0.0579. The molecule has 0 aliphatic rings. The summed E-state index contributed by atoms with van der Waals surface area (Å²) in [5, 5.41) is 0. The van der Waals surface area contributed by atoms with Crippen molar-refractivity contribution >= 4 is 0 Å². The van der Waals surface area contributed by atoms with Crippen LogP contribution in [0.5, 0.6) is 0 Å². The van der Waals surface area contributed by atoms with Crippen LogP contribution in [-0.2, 0) is 0 Å². The summed E-state index contributed by atoms with van der Waals surface area (Å²) in [6.45, 7) is 15.9. The fourth-order valence-corrected chi connectivity index (χ4v) is 3.16. The molecule has 0 bridgehead atoms. The third-order valence-corrected chi connectivity index (χ3v) is 3.98. The Kier molecular flexibility index (Phi) is 6.76. The maximum Gasteiger partial charge on any atom is 0.251 e. The van der Waals surface area contributed by atoms with Gasteiger partial charge in [0.1, 0.15) is 0 Å². The molecule has 0 amide bonds. The number of hydrogen-bond donors (Lipinski definition) is 2. The summed E-state index contributed by atoms with van der Waals surface area (Å²) in [5.74, 6) is 0.601. The summed E-state index contributed by atoms with van der Waals surface area (Å²) in [4.78, 5) is 28.5. The maximum atomic E-state index is 11.4. The van der Waals surface area contributed by atoms with Crippen LogP contribution in [0.15, 0.2) is 21.7 Å². The lowest BCUT2D eigenvalue weighted by atomic mass is 10.00. The van der Waals surface area contributed by atoms with E-state index >= 15 is 0 Å². The second-order valence-corrected chi connectivity index (χ2v) is 7.07. The van der Waals surface area contributed by atoms with Gasteiger partial charge in [0.2, 0.25) is 0 Å². The average Bonchev–Trinajstić information content (AvgIpc) is 2.35. The minimum absolute atomic E-state index is 0.0579.